The van der Waals surface area contributed by atoms with Crippen LogP contribution in [0.15, 0.2) is 29.2 Å². The number of sulfonamides is 1. The molecular weight excluding hydrogens is 314 g/mol. The van der Waals surface area contributed by atoms with Crippen LogP contribution in [0.25, 0.3) is 0 Å². The Balaban J connectivity index is 1.89. The molecule has 0 radical (unpaired) electrons. The van der Waals surface area contributed by atoms with Crippen LogP contribution in [0.5, 0.6) is 0 Å². The summed E-state index contributed by atoms with van der Waals surface area (Å²) >= 11 is 0. The summed E-state index contributed by atoms with van der Waals surface area (Å²) < 4.78 is 26.7. The number of carbonyl (C=O) groups is 1. The highest BCUT2D eigenvalue weighted by molar-refractivity contribution is 7.89. The van der Waals surface area contributed by atoms with Gasteiger partial charge in [0.15, 0.2) is 0 Å². The molecule has 0 heterocycles. The number of hydrogen-bond donors (Lipinski definition) is 2. The predicted octanol–water partition coefficient (Wildman–Crippen LogP) is 1.20. The molecule has 1 saturated carbocycles. The van der Waals surface area contributed by atoms with Gasteiger partial charge in [-0.1, -0.05) is 13.8 Å². The third-order valence-electron chi connectivity index (χ3n) is 3.93. The highest BCUT2D eigenvalue weighted by Gasteiger charge is 2.27. The molecule has 1 amide bonds. The lowest BCUT2D eigenvalue weighted by Crippen LogP contribution is -2.34. The first kappa shape index (κ1) is 17.9. The number of hydrogen-bond acceptors (Lipinski definition) is 4. The van der Waals surface area contributed by atoms with Crippen LogP contribution in [0.3, 0.4) is 0 Å². The van der Waals surface area contributed by atoms with Gasteiger partial charge >= 0.3 is 0 Å². The van der Waals surface area contributed by atoms with E-state index in [2.05, 4.69) is 28.8 Å². The Hall–Kier alpha value is -1.44. The van der Waals surface area contributed by atoms with E-state index in [1.54, 1.807) is 12.1 Å². The van der Waals surface area contributed by atoms with Crippen LogP contribution < -0.4 is 10.0 Å². The van der Waals surface area contributed by atoms with Crippen molar-refractivity contribution in [1.82, 2.24) is 14.9 Å². The molecule has 0 saturated heterocycles. The van der Waals surface area contributed by atoms with Crippen molar-refractivity contribution in [2.75, 3.05) is 26.2 Å². The fourth-order valence-electron chi connectivity index (χ4n) is 2.24. The van der Waals surface area contributed by atoms with Crippen LogP contribution in [-0.2, 0) is 10.0 Å². The van der Waals surface area contributed by atoms with Crippen LogP contribution >= 0.6 is 0 Å². The molecule has 1 fully saturated rings. The average Bonchev–Trinajstić information content (AvgIpc) is 3.35. The minimum atomic E-state index is -3.46. The monoisotopic (exact) mass is 339 g/mol. The first-order chi connectivity index (χ1) is 11.0. The van der Waals surface area contributed by atoms with Crippen molar-refractivity contribution in [3.8, 4) is 0 Å². The zero-order valence-corrected chi connectivity index (χ0v) is 14.5. The number of rotatable bonds is 9. The van der Waals surface area contributed by atoms with Crippen LogP contribution in [0.4, 0.5) is 0 Å². The first-order valence-electron chi connectivity index (χ1n) is 8.09. The first-order valence-corrected chi connectivity index (χ1v) is 9.57. The van der Waals surface area contributed by atoms with Gasteiger partial charge in [-0.05, 0) is 50.2 Å². The van der Waals surface area contributed by atoms with Crippen LogP contribution in [0.1, 0.15) is 37.0 Å². The molecule has 2 rings (SSSR count). The summed E-state index contributed by atoms with van der Waals surface area (Å²) in [6.07, 6.45) is 1.79. The minimum absolute atomic E-state index is 0.0723. The Kier molecular flexibility index (Phi) is 6.15. The van der Waals surface area contributed by atoms with Crippen molar-refractivity contribution < 1.29 is 13.2 Å². The second kappa shape index (κ2) is 7.90. The van der Waals surface area contributed by atoms with E-state index in [0.717, 1.165) is 32.5 Å². The summed E-state index contributed by atoms with van der Waals surface area (Å²) in [6.45, 7) is 7.44. The third kappa shape index (κ3) is 5.30. The standard InChI is InChI=1S/C16H25N3O3S/c1-3-19(4-2)12-11-17-16(20)13-5-9-15(10-6-13)23(21,22)18-14-7-8-14/h5-6,9-10,14,18H,3-4,7-8,11-12H2,1-2H3,(H,17,20). The summed E-state index contributed by atoms with van der Waals surface area (Å²) in [5, 5.41) is 2.85. The lowest BCUT2D eigenvalue weighted by Gasteiger charge is -2.17. The number of nitrogens with zero attached hydrogens (tertiary/aromatic N) is 1. The molecular formula is C16H25N3O3S. The van der Waals surface area contributed by atoms with Crippen LogP contribution in [0.2, 0.25) is 0 Å². The number of benzene rings is 1. The Morgan fingerprint density at radius 3 is 2.30 bits per heavy atom. The molecule has 6 nitrogen and oxygen atoms in total. The maximum atomic E-state index is 12.1. The number of nitrogens with one attached hydrogen (secondary N) is 2. The minimum Gasteiger partial charge on any atom is -0.351 e. The topological polar surface area (TPSA) is 78.5 Å². The molecule has 1 aromatic carbocycles. The quantitative estimate of drug-likeness (QED) is 0.709. The highest BCUT2D eigenvalue weighted by Crippen LogP contribution is 2.22. The van der Waals surface area contributed by atoms with Crippen LogP contribution in [-0.4, -0.2) is 51.4 Å². The molecule has 0 aliphatic heterocycles. The van der Waals surface area contributed by atoms with Gasteiger partial charge in [-0.25, -0.2) is 13.1 Å². The molecule has 0 unspecified atom stereocenters. The van der Waals surface area contributed by atoms with Gasteiger partial charge in [0.25, 0.3) is 5.91 Å². The van der Waals surface area contributed by atoms with Gasteiger partial charge in [-0.2, -0.15) is 0 Å². The summed E-state index contributed by atoms with van der Waals surface area (Å²) in [4.78, 5) is 14.5. The number of carbonyl (C=O) groups excluding carboxylic acids is 1. The summed E-state index contributed by atoms with van der Waals surface area (Å²) in [5.74, 6) is -0.184. The number of amides is 1. The lowest BCUT2D eigenvalue weighted by atomic mass is 10.2. The smallest absolute Gasteiger partial charge is 0.251 e. The average molecular weight is 339 g/mol. The third-order valence-corrected chi connectivity index (χ3v) is 5.47. The largest absolute Gasteiger partial charge is 0.351 e. The molecule has 2 N–H and O–H groups in total. The Bertz CT molecular complexity index is 620. The van der Waals surface area contributed by atoms with E-state index >= 15 is 0 Å². The van der Waals surface area contributed by atoms with E-state index in [9.17, 15) is 13.2 Å². The van der Waals surface area contributed by atoms with E-state index in [-0.39, 0.29) is 16.8 Å². The van der Waals surface area contributed by atoms with E-state index in [0.29, 0.717) is 12.1 Å². The summed E-state index contributed by atoms with van der Waals surface area (Å²) in [7, 11) is -3.46. The molecule has 128 valence electrons. The molecule has 1 aliphatic rings. The molecule has 0 aromatic heterocycles. The van der Waals surface area contributed by atoms with E-state index in [4.69, 9.17) is 0 Å². The maximum absolute atomic E-state index is 12.1. The molecule has 23 heavy (non-hydrogen) atoms. The fraction of sp³-hybridized carbons (Fsp3) is 0.562. The maximum Gasteiger partial charge on any atom is 0.251 e. The van der Waals surface area contributed by atoms with Crippen molar-refractivity contribution in [1.29, 1.82) is 0 Å². The highest BCUT2D eigenvalue weighted by atomic mass is 32.2. The molecule has 0 spiro atoms. The van der Waals surface area contributed by atoms with Gasteiger partial charge in [-0.3, -0.25) is 4.79 Å². The summed E-state index contributed by atoms with van der Waals surface area (Å²) in [6, 6.07) is 6.12. The van der Waals surface area contributed by atoms with Gasteiger partial charge < -0.3 is 10.2 Å². The van der Waals surface area contributed by atoms with E-state index in [1.807, 2.05) is 0 Å². The van der Waals surface area contributed by atoms with Crippen LogP contribution in [0, 0.1) is 0 Å². The fourth-order valence-corrected chi connectivity index (χ4v) is 3.55. The predicted molar refractivity (Wildman–Crippen MR) is 89.9 cm³/mol. The normalized spacial score (nSPS) is 14.9. The van der Waals surface area contributed by atoms with E-state index in [1.165, 1.54) is 12.1 Å². The van der Waals surface area contributed by atoms with E-state index < -0.39 is 10.0 Å². The molecule has 0 atom stereocenters. The van der Waals surface area contributed by atoms with Crippen molar-refractivity contribution in [3.63, 3.8) is 0 Å². The van der Waals surface area contributed by atoms with Gasteiger partial charge in [0.05, 0.1) is 4.90 Å². The zero-order chi connectivity index (χ0) is 16.9. The van der Waals surface area contributed by atoms with Gasteiger partial charge in [0.1, 0.15) is 0 Å². The summed E-state index contributed by atoms with van der Waals surface area (Å²) in [5.41, 5.74) is 0.468. The van der Waals surface area contributed by atoms with Crippen molar-refractivity contribution in [3.05, 3.63) is 29.8 Å². The van der Waals surface area contributed by atoms with Crippen molar-refractivity contribution >= 4 is 15.9 Å². The zero-order valence-electron chi connectivity index (χ0n) is 13.7. The Morgan fingerprint density at radius 1 is 1.17 bits per heavy atom. The molecule has 1 aromatic rings. The Labute approximate surface area is 138 Å². The lowest BCUT2D eigenvalue weighted by molar-refractivity contribution is 0.0949. The molecule has 1 aliphatic carbocycles. The van der Waals surface area contributed by atoms with Crippen molar-refractivity contribution in [2.45, 2.75) is 37.6 Å². The van der Waals surface area contributed by atoms with Gasteiger partial charge in [-0.15, -0.1) is 0 Å². The molecule has 7 heteroatoms. The molecule has 0 bridgehead atoms. The Morgan fingerprint density at radius 2 is 1.78 bits per heavy atom. The van der Waals surface area contributed by atoms with Crippen molar-refractivity contribution in [2.24, 2.45) is 0 Å². The van der Waals surface area contributed by atoms with Gasteiger partial charge in [0.2, 0.25) is 10.0 Å². The SMILES string of the molecule is CCN(CC)CCNC(=O)c1ccc(S(=O)(=O)NC2CC2)cc1. The second-order valence-electron chi connectivity index (χ2n) is 5.70. The second-order valence-corrected chi connectivity index (χ2v) is 7.42. The number of likely N-dealkylation sites (N-methyl/N-ethyl adjacent to an activating group) is 1. The van der Waals surface area contributed by atoms with Gasteiger partial charge in [0, 0.05) is 24.7 Å².